The number of hydrogen-bond donors (Lipinski definition) is 2. The van der Waals surface area contributed by atoms with Gasteiger partial charge < -0.3 is 15.4 Å². The van der Waals surface area contributed by atoms with Crippen LogP contribution in [0.3, 0.4) is 0 Å². The number of hydrogen-bond acceptors (Lipinski definition) is 5. The molecule has 20 heavy (non-hydrogen) atoms. The maximum absolute atomic E-state index is 12.2. The van der Waals surface area contributed by atoms with E-state index in [9.17, 15) is 14.9 Å². The summed E-state index contributed by atoms with van der Waals surface area (Å²) in [6, 6.07) is 4.10. The molecule has 2 rings (SSSR count). The monoisotopic (exact) mass is 279 g/mol. The van der Waals surface area contributed by atoms with Crippen LogP contribution in [-0.4, -0.2) is 36.6 Å². The van der Waals surface area contributed by atoms with Crippen LogP contribution in [0.15, 0.2) is 18.2 Å². The Bertz CT molecular complexity index is 538. The van der Waals surface area contributed by atoms with Gasteiger partial charge in [-0.3, -0.25) is 14.9 Å². The van der Waals surface area contributed by atoms with Gasteiger partial charge in [0.25, 0.3) is 5.91 Å². The lowest BCUT2D eigenvalue weighted by molar-refractivity contribution is -0.385. The van der Waals surface area contributed by atoms with E-state index in [0.29, 0.717) is 12.1 Å². The third kappa shape index (κ3) is 2.88. The summed E-state index contributed by atoms with van der Waals surface area (Å²) < 4.78 is 4.96. The van der Waals surface area contributed by atoms with Gasteiger partial charge in [-0.1, -0.05) is 0 Å². The van der Waals surface area contributed by atoms with Crippen molar-refractivity contribution in [1.29, 1.82) is 0 Å². The molecule has 0 unspecified atom stereocenters. The number of carbonyl (C=O) groups excluding carboxylic acids is 1. The minimum atomic E-state index is -0.539. The molecule has 7 nitrogen and oxygen atoms in total. The number of rotatable bonds is 4. The lowest BCUT2D eigenvalue weighted by Gasteiger charge is -2.24. The first-order chi connectivity index (χ1) is 9.45. The average Bonchev–Trinajstić information content (AvgIpc) is 2.84. The molecule has 1 atom stereocenters. The molecule has 1 aliphatic rings. The molecule has 2 N–H and O–H groups in total. The largest absolute Gasteiger partial charge is 0.490 e. The molecule has 1 aromatic rings. The van der Waals surface area contributed by atoms with E-state index >= 15 is 0 Å². The predicted molar refractivity (Wildman–Crippen MR) is 73.0 cm³/mol. The second-order valence-electron chi connectivity index (χ2n) is 5.09. The van der Waals surface area contributed by atoms with Gasteiger partial charge in [0.2, 0.25) is 0 Å². The third-order valence-electron chi connectivity index (χ3n) is 3.42. The molecular weight excluding hydrogens is 262 g/mol. The first kappa shape index (κ1) is 14.3. The number of benzene rings is 1. The SMILES string of the molecule is COc1cc(C(=O)N[C@]2(C)CCNC2)ccc1[N+](=O)[O-]. The molecule has 1 aromatic carbocycles. The van der Waals surface area contributed by atoms with E-state index in [4.69, 9.17) is 4.74 Å². The van der Waals surface area contributed by atoms with Crippen molar-refractivity contribution >= 4 is 11.6 Å². The summed E-state index contributed by atoms with van der Waals surface area (Å²) in [4.78, 5) is 22.5. The maximum Gasteiger partial charge on any atom is 0.310 e. The van der Waals surface area contributed by atoms with Gasteiger partial charge in [-0.15, -0.1) is 0 Å². The molecule has 0 saturated carbocycles. The molecule has 0 aromatic heterocycles. The van der Waals surface area contributed by atoms with Gasteiger partial charge in [0, 0.05) is 24.2 Å². The molecule has 0 spiro atoms. The van der Waals surface area contributed by atoms with Crippen molar-refractivity contribution in [2.75, 3.05) is 20.2 Å². The minimum Gasteiger partial charge on any atom is -0.490 e. The lowest BCUT2D eigenvalue weighted by Crippen LogP contribution is -2.47. The summed E-state index contributed by atoms with van der Waals surface area (Å²) in [6.07, 6.45) is 0.850. The van der Waals surface area contributed by atoms with Crippen LogP contribution in [0, 0.1) is 10.1 Å². The fourth-order valence-corrected chi connectivity index (χ4v) is 2.24. The number of methoxy groups -OCH3 is 1. The van der Waals surface area contributed by atoms with E-state index in [1.54, 1.807) is 0 Å². The van der Waals surface area contributed by atoms with E-state index in [1.165, 1.54) is 25.3 Å². The van der Waals surface area contributed by atoms with Gasteiger partial charge in [0.05, 0.1) is 17.6 Å². The van der Waals surface area contributed by atoms with E-state index < -0.39 is 4.92 Å². The molecule has 1 saturated heterocycles. The Balaban J connectivity index is 2.20. The van der Waals surface area contributed by atoms with Gasteiger partial charge in [0.1, 0.15) is 0 Å². The number of amides is 1. The number of ether oxygens (including phenoxy) is 1. The quantitative estimate of drug-likeness (QED) is 0.635. The Morgan fingerprint density at radius 2 is 2.30 bits per heavy atom. The van der Waals surface area contributed by atoms with Crippen LogP contribution in [0.2, 0.25) is 0 Å². The lowest BCUT2D eigenvalue weighted by atomic mass is 10.0. The zero-order chi connectivity index (χ0) is 14.8. The van der Waals surface area contributed by atoms with E-state index in [1.807, 2.05) is 6.92 Å². The fraction of sp³-hybridized carbons (Fsp3) is 0.462. The van der Waals surface area contributed by atoms with Crippen LogP contribution in [-0.2, 0) is 0 Å². The average molecular weight is 279 g/mol. The number of nitro groups is 1. The number of nitrogens with one attached hydrogen (secondary N) is 2. The fourth-order valence-electron chi connectivity index (χ4n) is 2.24. The van der Waals surface area contributed by atoms with Crippen molar-refractivity contribution in [2.45, 2.75) is 18.9 Å². The van der Waals surface area contributed by atoms with Crippen LogP contribution in [0.25, 0.3) is 0 Å². The van der Waals surface area contributed by atoms with Gasteiger partial charge >= 0.3 is 5.69 Å². The standard InChI is InChI=1S/C13H17N3O4/c1-13(5-6-14-8-13)15-12(17)9-3-4-10(16(18)19)11(7-9)20-2/h3-4,7,14H,5-6,8H2,1-2H3,(H,15,17)/t13-/m1/s1. The van der Waals surface area contributed by atoms with Gasteiger partial charge in [-0.25, -0.2) is 0 Å². The van der Waals surface area contributed by atoms with E-state index in [-0.39, 0.29) is 22.9 Å². The number of nitro benzene ring substituents is 1. The third-order valence-corrected chi connectivity index (χ3v) is 3.42. The van der Waals surface area contributed by atoms with Crippen molar-refractivity contribution in [3.63, 3.8) is 0 Å². The van der Waals surface area contributed by atoms with Crippen LogP contribution < -0.4 is 15.4 Å². The Kier molecular flexibility index (Phi) is 3.89. The zero-order valence-electron chi connectivity index (χ0n) is 11.4. The highest BCUT2D eigenvalue weighted by Crippen LogP contribution is 2.27. The highest BCUT2D eigenvalue weighted by atomic mass is 16.6. The highest BCUT2D eigenvalue weighted by Gasteiger charge is 2.30. The van der Waals surface area contributed by atoms with Crippen molar-refractivity contribution in [3.05, 3.63) is 33.9 Å². The molecule has 0 radical (unpaired) electrons. The summed E-state index contributed by atoms with van der Waals surface area (Å²) in [5, 5.41) is 16.9. The van der Waals surface area contributed by atoms with Crippen molar-refractivity contribution in [1.82, 2.24) is 10.6 Å². The molecule has 0 bridgehead atoms. The Morgan fingerprint density at radius 1 is 1.55 bits per heavy atom. The number of nitrogens with zero attached hydrogens (tertiary/aromatic N) is 1. The summed E-state index contributed by atoms with van der Waals surface area (Å²) in [6.45, 7) is 3.54. The number of carbonyl (C=O) groups is 1. The Labute approximate surface area is 116 Å². The highest BCUT2D eigenvalue weighted by molar-refractivity contribution is 5.95. The topological polar surface area (TPSA) is 93.5 Å². The minimum absolute atomic E-state index is 0.0809. The Morgan fingerprint density at radius 3 is 2.85 bits per heavy atom. The van der Waals surface area contributed by atoms with E-state index in [0.717, 1.165) is 13.0 Å². The molecule has 7 heteroatoms. The van der Waals surface area contributed by atoms with Gasteiger partial charge in [-0.05, 0) is 26.0 Å². The smallest absolute Gasteiger partial charge is 0.310 e. The van der Waals surface area contributed by atoms with Crippen LogP contribution in [0.1, 0.15) is 23.7 Å². The summed E-state index contributed by atoms with van der Waals surface area (Å²) in [7, 11) is 1.34. The van der Waals surface area contributed by atoms with Crippen molar-refractivity contribution < 1.29 is 14.5 Å². The molecule has 1 heterocycles. The second kappa shape index (κ2) is 5.46. The molecule has 0 aliphatic carbocycles. The van der Waals surface area contributed by atoms with Crippen LogP contribution in [0.4, 0.5) is 5.69 Å². The molecular formula is C13H17N3O4. The first-order valence-corrected chi connectivity index (χ1v) is 6.31. The summed E-state index contributed by atoms with van der Waals surface area (Å²) >= 11 is 0. The molecule has 1 fully saturated rings. The van der Waals surface area contributed by atoms with Crippen molar-refractivity contribution in [2.24, 2.45) is 0 Å². The van der Waals surface area contributed by atoms with Crippen molar-refractivity contribution in [3.8, 4) is 5.75 Å². The second-order valence-corrected chi connectivity index (χ2v) is 5.09. The summed E-state index contributed by atoms with van der Waals surface area (Å²) in [5.74, 6) is -0.179. The molecule has 1 amide bonds. The van der Waals surface area contributed by atoms with Crippen LogP contribution >= 0.6 is 0 Å². The maximum atomic E-state index is 12.2. The van der Waals surface area contributed by atoms with Gasteiger partial charge in [0.15, 0.2) is 5.75 Å². The summed E-state index contributed by atoms with van der Waals surface area (Å²) in [5.41, 5.74) is -0.0927. The zero-order valence-corrected chi connectivity index (χ0v) is 11.4. The molecule has 108 valence electrons. The predicted octanol–water partition coefficient (Wildman–Crippen LogP) is 1.09. The Hall–Kier alpha value is -2.15. The van der Waals surface area contributed by atoms with E-state index in [2.05, 4.69) is 10.6 Å². The normalized spacial score (nSPS) is 21.5. The van der Waals surface area contributed by atoms with Crippen LogP contribution in [0.5, 0.6) is 5.75 Å². The van der Waals surface area contributed by atoms with Gasteiger partial charge in [-0.2, -0.15) is 0 Å². The molecule has 1 aliphatic heterocycles. The first-order valence-electron chi connectivity index (χ1n) is 6.31.